The van der Waals surface area contributed by atoms with E-state index in [2.05, 4.69) is 49.4 Å². The number of para-hydroxylation sites is 1. The molecule has 0 saturated carbocycles. The van der Waals surface area contributed by atoms with Crippen LogP contribution in [0, 0.1) is 0 Å². The number of aryl methyl sites for hydroxylation is 1. The molecule has 1 amide bonds. The van der Waals surface area contributed by atoms with E-state index in [0.29, 0.717) is 11.4 Å². The van der Waals surface area contributed by atoms with Crippen LogP contribution in [0.5, 0.6) is 5.75 Å². The molecule has 5 rings (SSSR count). The molecule has 2 aromatic carbocycles. The molecule has 1 N–H and O–H groups in total. The van der Waals surface area contributed by atoms with Crippen LogP contribution in [0.3, 0.4) is 0 Å². The number of likely N-dealkylation sites (tertiary alicyclic amines) is 1. The second-order valence-corrected chi connectivity index (χ2v) is 8.90. The number of hydrogen-bond donors (Lipinski definition) is 1. The molecule has 2 aliphatic rings. The van der Waals surface area contributed by atoms with E-state index in [1.54, 1.807) is 19.5 Å². The van der Waals surface area contributed by atoms with Gasteiger partial charge in [0.05, 0.1) is 18.3 Å². The molecule has 7 heteroatoms. The number of carbonyl (C=O) groups is 1. The summed E-state index contributed by atoms with van der Waals surface area (Å²) in [5.41, 5.74) is 3.89. The van der Waals surface area contributed by atoms with E-state index in [1.807, 2.05) is 18.2 Å². The molecule has 0 radical (unpaired) electrons. The molecule has 0 atom stereocenters. The fourth-order valence-electron chi connectivity index (χ4n) is 4.93. The summed E-state index contributed by atoms with van der Waals surface area (Å²) in [4.78, 5) is 26.4. The Bertz CT molecular complexity index is 1200. The van der Waals surface area contributed by atoms with Crippen molar-refractivity contribution in [1.29, 1.82) is 0 Å². The van der Waals surface area contributed by atoms with E-state index in [-0.39, 0.29) is 5.91 Å². The first-order valence-corrected chi connectivity index (χ1v) is 12.1. The van der Waals surface area contributed by atoms with E-state index in [1.165, 1.54) is 30.5 Å². The summed E-state index contributed by atoms with van der Waals surface area (Å²) in [7, 11) is 1.60. The van der Waals surface area contributed by atoms with Crippen LogP contribution < -0.4 is 15.0 Å². The normalized spacial score (nSPS) is 16.6. The zero-order valence-electron chi connectivity index (χ0n) is 19.7. The fourth-order valence-corrected chi connectivity index (χ4v) is 4.93. The summed E-state index contributed by atoms with van der Waals surface area (Å²) in [6.45, 7) is 3.89. The van der Waals surface area contributed by atoms with Crippen LogP contribution in [0.15, 0.2) is 54.9 Å². The first-order valence-electron chi connectivity index (χ1n) is 12.1. The summed E-state index contributed by atoms with van der Waals surface area (Å²) in [5, 5.41) is 3.88. The molecule has 3 heterocycles. The Balaban J connectivity index is 1.42. The lowest BCUT2D eigenvalue weighted by atomic mass is 10.0. The molecule has 3 aromatic rings. The lowest BCUT2D eigenvalue weighted by Gasteiger charge is -2.31. The Morgan fingerprint density at radius 2 is 1.94 bits per heavy atom. The smallest absolute Gasteiger partial charge is 0.248 e. The molecule has 0 aliphatic carbocycles. The van der Waals surface area contributed by atoms with Gasteiger partial charge in [-0.1, -0.05) is 30.7 Å². The van der Waals surface area contributed by atoms with Gasteiger partial charge in [0, 0.05) is 36.3 Å². The van der Waals surface area contributed by atoms with Crippen molar-refractivity contribution in [2.75, 3.05) is 43.5 Å². The summed E-state index contributed by atoms with van der Waals surface area (Å²) in [6.07, 6.45) is 11.0. The van der Waals surface area contributed by atoms with Gasteiger partial charge in [-0.2, -0.15) is 0 Å². The van der Waals surface area contributed by atoms with Crippen LogP contribution in [-0.2, 0) is 11.2 Å². The van der Waals surface area contributed by atoms with Crippen LogP contribution in [0.1, 0.15) is 31.2 Å². The van der Waals surface area contributed by atoms with Gasteiger partial charge in [-0.15, -0.1) is 0 Å². The summed E-state index contributed by atoms with van der Waals surface area (Å²) in [5.74, 6) is 1.25. The lowest BCUT2D eigenvalue weighted by molar-refractivity contribution is -0.111. The molecule has 7 nitrogen and oxygen atoms in total. The van der Waals surface area contributed by atoms with Gasteiger partial charge in [-0.05, 0) is 56.5 Å². The number of carbonyl (C=O) groups excluding carboxylic acids is 1. The Morgan fingerprint density at radius 1 is 1.09 bits per heavy atom. The second kappa shape index (κ2) is 10.2. The molecule has 1 fully saturated rings. The molecule has 34 heavy (non-hydrogen) atoms. The second-order valence-electron chi connectivity index (χ2n) is 8.90. The zero-order valence-corrected chi connectivity index (χ0v) is 19.7. The molecular weight excluding hydrogens is 426 g/mol. The minimum Gasteiger partial charge on any atom is -0.494 e. The number of fused-ring (bicyclic) bond motifs is 2. The van der Waals surface area contributed by atoms with E-state index in [0.717, 1.165) is 55.7 Å². The highest BCUT2D eigenvalue weighted by Gasteiger charge is 2.22. The van der Waals surface area contributed by atoms with Crippen molar-refractivity contribution in [3.8, 4) is 5.75 Å². The third-order valence-electron chi connectivity index (χ3n) is 6.64. The molecule has 1 aromatic heterocycles. The molecule has 0 bridgehead atoms. The molecule has 1 saturated heterocycles. The topological polar surface area (TPSA) is 70.6 Å². The predicted octanol–water partition coefficient (Wildman–Crippen LogP) is 4.70. The Morgan fingerprint density at radius 3 is 2.79 bits per heavy atom. The van der Waals surface area contributed by atoms with Gasteiger partial charge >= 0.3 is 0 Å². The summed E-state index contributed by atoms with van der Waals surface area (Å²) >= 11 is 0. The molecule has 2 aliphatic heterocycles. The first-order chi connectivity index (χ1) is 16.7. The molecule has 0 unspecified atom stereocenters. The average Bonchev–Trinajstić information content (AvgIpc) is 2.88. The maximum Gasteiger partial charge on any atom is 0.248 e. The highest BCUT2D eigenvalue weighted by atomic mass is 16.5. The van der Waals surface area contributed by atoms with Crippen LogP contribution in [0.25, 0.3) is 10.9 Å². The maximum atomic E-state index is 12.7. The maximum absolute atomic E-state index is 12.7. The number of nitrogens with zero attached hydrogens (tertiary/aromatic N) is 4. The number of benzene rings is 2. The van der Waals surface area contributed by atoms with E-state index < -0.39 is 0 Å². The summed E-state index contributed by atoms with van der Waals surface area (Å²) < 4.78 is 5.57. The van der Waals surface area contributed by atoms with Gasteiger partial charge < -0.3 is 15.0 Å². The highest BCUT2D eigenvalue weighted by molar-refractivity contribution is 6.03. The lowest BCUT2D eigenvalue weighted by Crippen LogP contribution is -2.29. The van der Waals surface area contributed by atoms with Crippen LogP contribution in [-0.4, -0.2) is 54.1 Å². The molecular formula is C27H31N5O2. The van der Waals surface area contributed by atoms with Gasteiger partial charge in [-0.25, -0.2) is 9.97 Å². The van der Waals surface area contributed by atoms with E-state index >= 15 is 0 Å². The van der Waals surface area contributed by atoms with Gasteiger partial charge in [0.25, 0.3) is 0 Å². The van der Waals surface area contributed by atoms with Crippen molar-refractivity contribution < 1.29 is 9.53 Å². The number of aromatic nitrogens is 2. The predicted molar refractivity (Wildman–Crippen MR) is 136 cm³/mol. The average molecular weight is 458 g/mol. The van der Waals surface area contributed by atoms with Crippen LogP contribution in [0.4, 0.5) is 17.2 Å². The van der Waals surface area contributed by atoms with E-state index in [9.17, 15) is 4.79 Å². The highest BCUT2D eigenvalue weighted by Crippen LogP contribution is 2.38. The number of piperidine rings is 1. The Kier molecular flexibility index (Phi) is 6.72. The van der Waals surface area contributed by atoms with Crippen molar-refractivity contribution in [1.82, 2.24) is 14.9 Å². The zero-order chi connectivity index (χ0) is 23.3. The monoisotopic (exact) mass is 457 g/mol. The molecule has 176 valence electrons. The minimum atomic E-state index is -0.170. The SMILES string of the molecule is COc1cc2ncnc(N3CCCc4ccccc43)c2cc1NC(=O)/C=C/CN1CCCCC1. The van der Waals surface area contributed by atoms with Gasteiger partial charge in [0.1, 0.15) is 17.9 Å². The number of methoxy groups -OCH3 is 1. The molecule has 0 spiro atoms. The van der Waals surface area contributed by atoms with Crippen molar-refractivity contribution in [3.05, 3.63) is 60.4 Å². The fraction of sp³-hybridized carbons (Fsp3) is 0.370. The van der Waals surface area contributed by atoms with Gasteiger partial charge in [-0.3, -0.25) is 9.69 Å². The van der Waals surface area contributed by atoms with Crippen LogP contribution >= 0.6 is 0 Å². The number of anilines is 3. The van der Waals surface area contributed by atoms with Crippen molar-refractivity contribution in [2.45, 2.75) is 32.1 Å². The summed E-state index contributed by atoms with van der Waals surface area (Å²) in [6, 6.07) is 12.3. The Hall–Kier alpha value is -3.45. The Labute approximate surface area is 200 Å². The van der Waals surface area contributed by atoms with Crippen molar-refractivity contribution in [2.24, 2.45) is 0 Å². The number of nitrogens with one attached hydrogen (secondary N) is 1. The number of amides is 1. The van der Waals surface area contributed by atoms with E-state index in [4.69, 9.17) is 4.74 Å². The number of ether oxygens (including phenoxy) is 1. The largest absolute Gasteiger partial charge is 0.494 e. The van der Waals surface area contributed by atoms with Gasteiger partial charge in [0.15, 0.2) is 0 Å². The number of rotatable bonds is 6. The first kappa shape index (κ1) is 22.3. The minimum absolute atomic E-state index is 0.170. The van der Waals surface area contributed by atoms with Gasteiger partial charge in [0.2, 0.25) is 5.91 Å². The van der Waals surface area contributed by atoms with Crippen molar-refractivity contribution >= 4 is 34.0 Å². The quantitative estimate of drug-likeness (QED) is 0.541. The van der Waals surface area contributed by atoms with Crippen molar-refractivity contribution in [3.63, 3.8) is 0 Å². The standard InChI is InChI=1S/C27H31N5O2/c1-34-25-18-22-21(17-23(25)30-26(33)12-8-15-31-13-5-2-6-14-31)27(29-19-28-22)32-16-7-10-20-9-3-4-11-24(20)32/h3-4,8-9,11-12,17-19H,2,5-7,10,13-16H2,1H3,(H,30,33)/b12-8+. The third-order valence-corrected chi connectivity index (χ3v) is 6.64. The number of hydrogen-bond acceptors (Lipinski definition) is 6. The van der Waals surface area contributed by atoms with Crippen LogP contribution in [0.2, 0.25) is 0 Å². The third kappa shape index (κ3) is 4.75.